The lowest BCUT2D eigenvalue weighted by Gasteiger charge is -2.26. The van der Waals surface area contributed by atoms with Crippen LogP contribution in [-0.2, 0) is 0 Å². The molecule has 104 valence electrons. The number of ether oxygens (including phenoxy) is 2. The minimum Gasteiger partial charge on any atom is -0.490 e. The largest absolute Gasteiger partial charge is 0.490 e. The van der Waals surface area contributed by atoms with Crippen molar-refractivity contribution < 1.29 is 13.9 Å². The summed E-state index contributed by atoms with van der Waals surface area (Å²) < 4.78 is 24.1. The maximum atomic E-state index is 13.7. The van der Waals surface area contributed by atoms with Crippen molar-refractivity contribution in [1.29, 1.82) is 0 Å². The molecule has 0 amide bonds. The van der Waals surface area contributed by atoms with Crippen LogP contribution >= 0.6 is 0 Å². The second kappa shape index (κ2) is 5.32. The zero-order valence-corrected chi connectivity index (χ0v) is 11.0. The van der Waals surface area contributed by atoms with E-state index in [1.54, 1.807) is 25.4 Å². The molecule has 0 bridgehead atoms. The fraction of sp³-hybridized carbons (Fsp3) is 0.286. The highest BCUT2D eigenvalue weighted by molar-refractivity contribution is 5.43. The summed E-state index contributed by atoms with van der Waals surface area (Å²) >= 11 is 0. The number of fused-ring (bicyclic) bond motifs is 1. The Kier molecular flexibility index (Phi) is 3.37. The van der Waals surface area contributed by atoms with Gasteiger partial charge in [-0.15, -0.1) is 0 Å². The normalized spacial score (nSPS) is 17.0. The maximum Gasteiger partial charge on any atom is 0.226 e. The van der Waals surface area contributed by atoms with Crippen LogP contribution in [0.3, 0.4) is 0 Å². The summed E-state index contributed by atoms with van der Waals surface area (Å²) in [7, 11) is 1.55. The third-order valence-electron chi connectivity index (χ3n) is 3.17. The summed E-state index contributed by atoms with van der Waals surface area (Å²) in [5.41, 5.74) is 0.780. The van der Waals surface area contributed by atoms with Crippen molar-refractivity contribution in [3.05, 3.63) is 41.8 Å². The van der Waals surface area contributed by atoms with Gasteiger partial charge in [-0.1, -0.05) is 12.1 Å². The highest BCUT2D eigenvalue weighted by atomic mass is 19.1. The van der Waals surface area contributed by atoms with E-state index < -0.39 is 0 Å². The lowest BCUT2D eigenvalue weighted by molar-refractivity contribution is 0.260. The highest BCUT2D eigenvalue weighted by Gasteiger charge is 2.24. The second-order valence-electron chi connectivity index (χ2n) is 4.41. The second-order valence-corrected chi connectivity index (χ2v) is 4.41. The molecule has 2 heterocycles. The molecule has 0 aliphatic carbocycles. The average Bonchev–Trinajstić information content (AvgIpc) is 2.49. The molecule has 1 aliphatic heterocycles. The fourth-order valence-corrected chi connectivity index (χ4v) is 2.22. The van der Waals surface area contributed by atoms with Gasteiger partial charge < -0.3 is 14.8 Å². The van der Waals surface area contributed by atoms with E-state index in [2.05, 4.69) is 15.3 Å². The number of nitrogens with zero attached hydrogens (tertiary/aromatic N) is 2. The number of benzene rings is 1. The number of nitrogens with one attached hydrogen (secondary N) is 1. The average molecular weight is 275 g/mol. The summed E-state index contributed by atoms with van der Waals surface area (Å²) in [5.74, 6) is 0.889. The highest BCUT2D eigenvalue weighted by Crippen LogP contribution is 2.35. The first-order chi connectivity index (χ1) is 9.78. The molecular weight excluding hydrogens is 261 g/mol. The molecule has 0 radical (unpaired) electrons. The fourth-order valence-electron chi connectivity index (χ4n) is 2.22. The number of rotatable bonds is 3. The molecule has 0 fully saturated rings. The quantitative estimate of drug-likeness (QED) is 0.933. The van der Waals surface area contributed by atoms with Gasteiger partial charge in [0.2, 0.25) is 11.8 Å². The number of hydrogen-bond acceptors (Lipinski definition) is 5. The van der Waals surface area contributed by atoms with E-state index in [0.717, 1.165) is 12.0 Å². The number of halogens is 1. The minimum atomic E-state index is -0.347. The monoisotopic (exact) mass is 275 g/mol. The number of anilines is 1. The summed E-state index contributed by atoms with van der Waals surface area (Å²) in [6, 6.07) is 6.49. The van der Waals surface area contributed by atoms with Gasteiger partial charge in [0.25, 0.3) is 0 Å². The molecule has 1 aromatic heterocycles. The molecule has 6 heteroatoms. The van der Waals surface area contributed by atoms with Gasteiger partial charge in [0.15, 0.2) is 11.6 Å². The van der Waals surface area contributed by atoms with Gasteiger partial charge in [-0.25, -0.2) is 9.37 Å². The Hall–Kier alpha value is -2.37. The van der Waals surface area contributed by atoms with Crippen LogP contribution in [0.5, 0.6) is 11.6 Å². The van der Waals surface area contributed by atoms with Gasteiger partial charge in [0.1, 0.15) is 0 Å². The first-order valence-corrected chi connectivity index (χ1v) is 6.32. The first-order valence-electron chi connectivity index (χ1n) is 6.32. The summed E-state index contributed by atoms with van der Waals surface area (Å²) in [6.45, 7) is 0.454. The van der Waals surface area contributed by atoms with Crippen LogP contribution in [0.2, 0.25) is 0 Å². The number of hydrogen-bond donors (Lipinski definition) is 1. The minimum absolute atomic E-state index is 0.0819. The maximum absolute atomic E-state index is 13.7. The zero-order valence-electron chi connectivity index (χ0n) is 11.0. The molecule has 2 aromatic rings. The summed E-state index contributed by atoms with van der Waals surface area (Å²) in [6.07, 6.45) is 2.33. The lowest BCUT2D eigenvalue weighted by atomic mass is 10.0. The SMILES string of the molecule is COc1ccnc(N[C@H]2CCOc3c(F)cccc32)n1. The molecule has 0 saturated heterocycles. The van der Waals surface area contributed by atoms with Gasteiger partial charge in [0, 0.05) is 24.2 Å². The first kappa shape index (κ1) is 12.7. The molecule has 0 spiro atoms. The third-order valence-corrected chi connectivity index (χ3v) is 3.17. The van der Waals surface area contributed by atoms with Crippen molar-refractivity contribution in [2.75, 3.05) is 19.0 Å². The van der Waals surface area contributed by atoms with E-state index in [-0.39, 0.29) is 11.9 Å². The smallest absolute Gasteiger partial charge is 0.226 e. The molecule has 0 unspecified atom stereocenters. The van der Waals surface area contributed by atoms with Crippen LogP contribution < -0.4 is 14.8 Å². The Balaban J connectivity index is 1.87. The van der Waals surface area contributed by atoms with E-state index in [1.807, 2.05) is 6.07 Å². The number of aromatic nitrogens is 2. The molecule has 1 N–H and O–H groups in total. The van der Waals surface area contributed by atoms with Gasteiger partial charge in [-0.2, -0.15) is 4.98 Å². The number of methoxy groups -OCH3 is 1. The van der Waals surface area contributed by atoms with Crippen molar-refractivity contribution in [2.45, 2.75) is 12.5 Å². The van der Waals surface area contributed by atoms with Crippen molar-refractivity contribution in [1.82, 2.24) is 9.97 Å². The van der Waals surface area contributed by atoms with Crippen LogP contribution in [0.4, 0.5) is 10.3 Å². The van der Waals surface area contributed by atoms with Gasteiger partial charge in [0.05, 0.1) is 19.8 Å². The molecule has 1 atom stereocenters. The van der Waals surface area contributed by atoms with E-state index in [4.69, 9.17) is 9.47 Å². The van der Waals surface area contributed by atoms with Crippen LogP contribution in [0.15, 0.2) is 30.5 Å². The van der Waals surface area contributed by atoms with Crippen molar-refractivity contribution in [2.24, 2.45) is 0 Å². The molecule has 0 saturated carbocycles. The Bertz CT molecular complexity index is 621. The molecule has 5 nitrogen and oxygen atoms in total. The lowest BCUT2D eigenvalue weighted by Crippen LogP contribution is -2.22. The van der Waals surface area contributed by atoms with Gasteiger partial charge in [-0.05, 0) is 6.07 Å². The summed E-state index contributed by atoms with van der Waals surface area (Å²) in [5, 5.41) is 3.19. The summed E-state index contributed by atoms with van der Waals surface area (Å²) in [4.78, 5) is 8.34. The Labute approximate surface area is 115 Å². The van der Waals surface area contributed by atoms with E-state index in [1.165, 1.54) is 6.07 Å². The molecular formula is C14H14FN3O2. The topological polar surface area (TPSA) is 56.3 Å². The molecule has 1 aromatic carbocycles. The van der Waals surface area contributed by atoms with E-state index in [9.17, 15) is 4.39 Å². The molecule has 20 heavy (non-hydrogen) atoms. The van der Waals surface area contributed by atoms with Gasteiger partial charge in [-0.3, -0.25) is 0 Å². The Morgan fingerprint density at radius 2 is 2.30 bits per heavy atom. The van der Waals surface area contributed by atoms with Crippen molar-refractivity contribution in [3.8, 4) is 11.6 Å². The standard InChI is InChI=1S/C14H14FN3O2/c1-19-12-5-7-16-14(18-12)17-11-6-8-20-13-9(11)3-2-4-10(13)15/h2-5,7,11H,6,8H2,1H3,(H,16,17,18)/t11-/m0/s1. The van der Waals surface area contributed by atoms with Crippen LogP contribution in [-0.4, -0.2) is 23.7 Å². The van der Waals surface area contributed by atoms with Crippen LogP contribution in [0, 0.1) is 5.82 Å². The van der Waals surface area contributed by atoms with E-state index in [0.29, 0.717) is 24.2 Å². The molecule has 1 aliphatic rings. The van der Waals surface area contributed by atoms with E-state index >= 15 is 0 Å². The van der Waals surface area contributed by atoms with Crippen LogP contribution in [0.25, 0.3) is 0 Å². The van der Waals surface area contributed by atoms with Crippen molar-refractivity contribution in [3.63, 3.8) is 0 Å². The predicted molar refractivity (Wildman–Crippen MR) is 71.5 cm³/mol. The van der Waals surface area contributed by atoms with Gasteiger partial charge >= 0.3 is 0 Å². The zero-order chi connectivity index (χ0) is 13.9. The van der Waals surface area contributed by atoms with Crippen molar-refractivity contribution >= 4 is 5.95 Å². The predicted octanol–water partition coefficient (Wildman–Crippen LogP) is 2.56. The third kappa shape index (κ3) is 2.36. The van der Waals surface area contributed by atoms with Crippen LogP contribution in [0.1, 0.15) is 18.0 Å². The number of para-hydroxylation sites is 1. The Morgan fingerprint density at radius 1 is 1.40 bits per heavy atom. The molecule has 3 rings (SSSR count). The Morgan fingerprint density at radius 3 is 3.15 bits per heavy atom.